The monoisotopic (exact) mass is 419 g/mol. The zero-order valence-corrected chi connectivity index (χ0v) is 16.3. The summed E-state index contributed by atoms with van der Waals surface area (Å²) in [7, 11) is 0. The van der Waals surface area contributed by atoms with E-state index >= 15 is 0 Å². The van der Waals surface area contributed by atoms with Crippen LogP contribution in [0.4, 0.5) is 0 Å². The van der Waals surface area contributed by atoms with Crippen molar-refractivity contribution in [1.82, 2.24) is 15.6 Å². The van der Waals surface area contributed by atoms with Gasteiger partial charge in [0.1, 0.15) is 6.04 Å². The Bertz CT molecular complexity index is 940. The molecule has 4 atom stereocenters. The molecule has 11 heteroatoms. The first-order valence-corrected chi connectivity index (χ1v) is 9.20. The standard InChI is InChI=1S/C19H25N5O6/c1-9(25)16(19(29)30)24-18(28)14(7-15(21)26)23-17(27)12(20)6-10-8-22-13-5-3-2-4-11(10)13/h2-5,8-9,12,14,16,22,25H,6-7,20H2,1H3,(H2,21,26)(H,23,27)(H,24,28)(H,29,30). The van der Waals surface area contributed by atoms with E-state index in [0.717, 1.165) is 16.5 Å². The Morgan fingerprint density at radius 2 is 1.80 bits per heavy atom. The number of nitrogens with two attached hydrogens (primary N) is 2. The van der Waals surface area contributed by atoms with Crippen LogP contribution >= 0.6 is 0 Å². The number of primary amides is 1. The van der Waals surface area contributed by atoms with Gasteiger partial charge in [0.2, 0.25) is 17.7 Å². The Kier molecular flexibility index (Phi) is 7.50. The van der Waals surface area contributed by atoms with Gasteiger partial charge in [-0.05, 0) is 25.0 Å². The lowest BCUT2D eigenvalue weighted by molar-refractivity contribution is -0.145. The number of carbonyl (C=O) groups is 4. The summed E-state index contributed by atoms with van der Waals surface area (Å²) in [6.45, 7) is 1.18. The largest absolute Gasteiger partial charge is 0.480 e. The lowest BCUT2D eigenvalue weighted by Gasteiger charge is -2.23. The molecule has 0 bridgehead atoms. The molecule has 9 N–H and O–H groups in total. The fourth-order valence-corrected chi connectivity index (χ4v) is 2.96. The van der Waals surface area contributed by atoms with Crippen LogP contribution in [0.5, 0.6) is 0 Å². The van der Waals surface area contributed by atoms with Crippen LogP contribution < -0.4 is 22.1 Å². The third-order valence-electron chi connectivity index (χ3n) is 4.54. The third-order valence-corrected chi connectivity index (χ3v) is 4.54. The molecule has 11 nitrogen and oxygen atoms in total. The molecule has 1 aromatic heterocycles. The summed E-state index contributed by atoms with van der Waals surface area (Å²) < 4.78 is 0. The summed E-state index contributed by atoms with van der Waals surface area (Å²) in [6, 6.07) is 3.35. The number of carbonyl (C=O) groups excluding carboxylic acids is 3. The van der Waals surface area contributed by atoms with Crippen LogP contribution in [-0.4, -0.2) is 63.1 Å². The zero-order valence-electron chi connectivity index (χ0n) is 16.3. The molecule has 2 rings (SSSR count). The first-order chi connectivity index (χ1) is 14.1. The topological polar surface area (TPSA) is 201 Å². The number of carboxylic acids is 1. The summed E-state index contributed by atoms with van der Waals surface area (Å²) in [6.07, 6.45) is -0.0817. The van der Waals surface area contributed by atoms with Crippen LogP contribution in [0.25, 0.3) is 10.9 Å². The van der Waals surface area contributed by atoms with Gasteiger partial charge in [-0.1, -0.05) is 18.2 Å². The highest BCUT2D eigenvalue weighted by molar-refractivity contribution is 5.95. The lowest BCUT2D eigenvalue weighted by atomic mass is 10.0. The van der Waals surface area contributed by atoms with Gasteiger partial charge in [0.15, 0.2) is 6.04 Å². The number of aliphatic carboxylic acids is 1. The minimum atomic E-state index is -1.62. The van der Waals surface area contributed by atoms with E-state index in [-0.39, 0.29) is 6.42 Å². The first kappa shape index (κ1) is 22.8. The van der Waals surface area contributed by atoms with E-state index in [1.807, 2.05) is 24.3 Å². The van der Waals surface area contributed by atoms with Crippen molar-refractivity contribution in [2.45, 2.75) is 44.0 Å². The second-order valence-corrected chi connectivity index (χ2v) is 6.97. The van der Waals surface area contributed by atoms with Gasteiger partial charge in [-0.2, -0.15) is 0 Å². The molecule has 4 unspecified atom stereocenters. The minimum absolute atomic E-state index is 0.159. The van der Waals surface area contributed by atoms with Crippen molar-refractivity contribution < 1.29 is 29.4 Å². The zero-order chi connectivity index (χ0) is 22.4. The number of aliphatic hydroxyl groups excluding tert-OH is 1. The van der Waals surface area contributed by atoms with E-state index in [4.69, 9.17) is 16.6 Å². The molecule has 30 heavy (non-hydrogen) atoms. The van der Waals surface area contributed by atoms with E-state index in [9.17, 15) is 24.3 Å². The smallest absolute Gasteiger partial charge is 0.328 e. The summed E-state index contributed by atoms with van der Waals surface area (Å²) >= 11 is 0. The fraction of sp³-hybridized carbons (Fsp3) is 0.368. The van der Waals surface area contributed by atoms with E-state index < -0.39 is 54.3 Å². The summed E-state index contributed by atoms with van der Waals surface area (Å²) in [5.41, 5.74) is 12.8. The average Bonchev–Trinajstić information content (AvgIpc) is 3.07. The maximum Gasteiger partial charge on any atom is 0.328 e. The number of carboxylic acid groups (broad SMARTS) is 1. The van der Waals surface area contributed by atoms with Gasteiger partial charge in [-0.15, -0.1) is 0 Å². The first-order valence-electron chi connectivity index (χ1n) is 9.20. The molecule has 1 heterocycles. The molecule has 1 aromatic carbocycles. The van der Waals surface area contributed by atoms with Gasteiger partial charge in [-0.25, -0.2) is 4.79 Å². The van der Waals surface area contributed by atoms with Crippen molar-refractivity contribution in [3.63, 3.8) is 0 Å². The quantitative estimate of drug-likeness (QED) is 0.239. The predicted octanol–water partition coefficient (Wildman–Crippen LogP) is -1.65. The van der Waals surface area contributed by atoms with Gasteiger partial charge >= 0.3 is 5.97 Å². The maximum absolute atomic E-state index is 12.5. The number of hydrogen-bond donors (Lipinski definition) is 7. The van der Waals surface area contributed by atoms with E-state index in [1.165, 1.54) is 6.92 Å². The second kappa shape index (κ2) is 9.85. The van der Waals surface area contributed by atoms with Crippen LogP contribution in [0.1, 0.15) is 18.9 Å². The van der Waals surface area contributed by atoms with Crippen molar-refractivity contribution in [3.05, 3.63) is 36.0 Å². The molecule has 2 aromatic rings. The fourth-order valence-electron chi connectivity index (χ4n) is 2.96. The normalized spacial score (nSPS) is 15.0. The van der Waals surface area contributed by atoms with Crippen LogP contribution in [0.15, 0.2) is 30.5 Å². The minimum Gasteiger partial charge on any atom is -0.480 e. The molecule has 0 aliphatic rings. The number of aliphatic hydroxyl groups is 1. The molecule has 162 valence electrons. The summed E-state index contributed by atoms with van der Waals surface area (Å²) in [5.74, 6) is -4.05. The number of aromatic nitrogens is 1. The van der Waals surface area contributed by atoms with E-state index in [0.29, 0.717) is 0 Å². The Hall–Kier alpha value is -3.44. The van der Waals surface area contributed by atoms with E-state index in [1.54, 1.807) is 6.20 Å². The molecule has 0 radical (unpaired) electrons. The summed E-state index contributed by atoms with van der Waals surface area (Å²) in [4.78, 5) is 50.4. The Balaban J connectivity index is 2.08. The van der Waals surface area contributed by atoms with Crippen LogP contribution in [0.3, 0.4) is 0 Å². The highest BCUT2D eigenvalue weighted by atomic mass is 16.4. The third kappa shape index (κ3) is 5.78. The maximum atomic E-state index is 12.5. The number of fused-ring (bicyclic) bond motifs is 1. The average molecular weight is 419 g/mol. The highest BCUT2D eigenvalue weighted by Gasteiger charge is 2.31. The van der Waals surface area contributed by atoms with Crippen molar-refractivity contribution in [2.75, 3.05) is 0 Å². The molecule has 3 amide bonds. The molecule has 0 aliphatic carbocycles. The molecular weight excluding hydrogens is 394 g/mol. The number of para-hydroxylation sites is 1. The Labute approximate surface area is 171 Å². The molecule has 0 aliphatic heterocycles. The van der Waals surface area contributed by atoms with Crippen LogP contribution in [0, 0.1) is 0 Å². The van der Waals surface area contributed by atoms with Crippen LogP contribution in [0.2, 0.25) is 0 Å². The van der Waals surface area contributed by atoms with E-state index in [2.05, 4.69) is 15.6 Å². The number of amides is 3. The molecular formula is C19H25N5O6. The Morgan fingerprint density at radius 1 is 1.13 bits per heavy atom. The van der Waals surface area contributed by atoms with Crippen molar-refractivity contribution >= 4 is 34.6 Å². The van der Waals surface area contributed by atoms with Crippen molar-refractivity contribution in [3.8, 4) is 0 Å². The number of nitrogens with one attached hydrogen (secondary N) is 3. The number of benzene rings is 1. The van der Waals surface area contributed by atoms with Crippen molar-refractivity contribution in [1.29, 1.82) is 0 Å². The lowest BCUT2D eigenvalue weighted by Crippen LogP contribution is -2.57. The Morgan fingerprint density at radius 3 is 2.40 bits per heavy atom. The number of rotatable bonds is 10. The van der Waals surface area contributed by atoms with Gasteiger partial charge in [0.25, 0.3) is 0 Å². The second-order valence-electron chi connectivity index (χ2n) is 6.97. The van der Waals surface area contributed by atoms with Gasteiger partial charge < -0.3 is 37.3 Å². The van der Waals surface area contributed by atoms with Crippen LogP contribution in [-0.2, 0) is 25.6 Å². The van der Waals surface area contributed by atoms with Gasteiger partial charge in [-0.3, -0.25) is 14.4 Å². The number of aromatic amines is 1. The van der Waals surface area contributed by atoms with Gasteiger partial charge in [0.05, 0.1) is 18.6 Å². The number of H-pyrrole nitrogens is 1. The summed E-state index contributed by atoms with van der Waals surface area (Å²) in [5, 5.41) is 23.9. The van der Waals surface area contributed by atoms with Crippen molar-refractivity contribution in [2.24, 2.45) is 11.5 Å². The molecule has 0 spiro atoms. The predicted molar refractivity (Wildman–Crippen MR) is 107 cm³/mol. The highest BCUT2D eigenvalue weighted by Crippen LogP contribution is 2.18. The molecule has 0 saturated carbocycles. The molecule has 0 fully saturated rings. The SMILES string of the molecule is CC(O)C(NC(=O)C(CC(N)=O)NC(=O)C(N)Cc1c[nH]c2ccccc12)C(=O)O. The number of hydrogen-bond acceptors (Lipinski definition) is 6. The molecule has 0 saturated heterocycles. The van der Waals surface area contributed by atoms with Gasteiger partial charge in [0, 0.05) is 17.1 Å².